The van der Waals surface area contributed by atoms with Crippen molar-refractivity contribution in [2.75, 3.05) is 0 Å². The first-order chi connectivity index (χ1) is 12.1. The Hall–Kier alpha value is -1.95. The molecule has 0 radical (unpaired) electrons. The molecule has 0 amide bonds. The van der Waals surface area contributed by atoms with Crippen LogP contribution in [0, 0.1) is 5.92 Å². The topological polar surface area (TPSA) is 12.0 Å². The van der Waals surface area contributed by atoms with E-state index in [1.54, 1.807) is 0 Å². The van der Waals surface area contributed by atoms with Crippen molar-refractivity contribution >= 4 is 23.3 Å². The van der Waals surface area contributed by atoms with Crippen LogP contribution in [-0.2, 0) is 0 Å². The first-order valence-electron chi connectivity index (χ1n) is 8.98. The second-order valence-corrected chi connectivity index (χ2v) is 9.99. The van der Waals surface area contributed by atoms with Crippen LogP contribution in [0.3, 0.4) is 0 Å². The number of hydrogen-bond donors (Lipinski definition) is 1. The highest BCUT2D eigenvalue weighted by molar-refractivity contribution is 7.94. The van der Waals surface area contributed by atoms with Crippen LogP contribution in [-0.4, -0.2) is 6.04 Å². The van der Waals surface area contributed by atoms with Crippen molar-refractivity contribution in [3.8, 4) is 0 Å². The molecule has 3 aromatic carbocycles. The van der Waals surface area contributed by atoms with Gasteiger partial charge in [-0.25, -0.2) is 0 Å². The molecule has 0 aliphatic carbocycles. The summed E-state index contributed by atoms with van der Waals surface area (Å²) < 4.78 is 0. The molecule has 0 fully saturated rings. The molecule has 0 saturated carbocycles. The van der Waals surface area contributed by atoms with E-state index in [0.29, 0.717) is 12.0 Å². The van der Waals surface area contributed by atoms with E-state index in [0.717, 1.165) is 0 Å². The Bertz CT molecular complexity index is 672. The minimum Gasteiger partial charge on any atom is -0.175 e. The lowest BCUT2D eigenvalue weighted by molar-refractivity contribution is 0.498. The maximum absolute atomic E-state index is 4.09. The van der Waals surface area contributed by atoms with Gasteiger partial charge in [-0.3, -0.25) is 0 Å². The van der Waals surface area contributed by atoms with Crippen molar-refractivity contribution in [1.29, 1.82) is 0 Å². The second kappa shape index (κ2) is 7.95. The van der Waals surface area contributed by atoms with Gasteiger partial charge in [-0.2, -0.15) is 5.09 Å². The maximum atomic E-state index is 4.09. The summed E-state index contributed by atoms with van der Waals surface area (Å²) in [5.41, 5.74) is 0. The first-order valence-corrected chi connectivity index (χ1v) is 10.8. The number of rotatable bonds is 6. The molecule has 3 aromatic rings. The average molecular weight is 348 g/mol. The number of hydrogen-bond acceptors (Lipinski definition) is 1. The van der Waals surface area contributed by atoms with E-state index in [4.69, 9.17) is 0 Å². The molecule has 0 saturated heterocycles. The standard InChI is InChI=1S/C23H27NP/c1-19(2)20(3)24-25(21-13-7-4-8-14-21,22-15-9-5-10-16-22)23-17-11-6-12-18-23/h4-20,24H,1-3H3/q+1/t20-/m1/s1. The summed E-state index contributed by atoms with van der Waals surface area (Å²) >= 11 is 0. The highest BCUT2D eigenvalue weighted by Crippen LogP contribution is 2.51. The molecule has 1 atom stereocenters. The normalized spacial score (nSPS) is 13.0. The lowest BCUT2D eigenvalue weighted by Gasteiger charge is -2.31. The van der Waals surface area contributed by atoms with Gasteiger partial charge in [0.25, 0.3) is 0 Å². The lowest BCUT2D eigenvalue weighted by atomic mass is 10.1. The summed E-state index contributed by atoms with van der Waals surface area (Å²) in [6, 6.07) is 33.2. The Morgan fingerprint density at radius 3 is 1.16 bits per heavy atom. The molecule has 0 aliphatic heterocycles. The fraction of sp³-hybridized carbons (Fsp3) is 0.217. The van der Waals surface area contributed by atoms with E-state index in [1.165, 1.54) is 15.9 Å². The Labute approximate surface area is 152 Å². The van der Waals surface area contributed by atoms with Crippen LogP contribution >= 0.6 is 7.41 Å². The van der Waals surface area contributed by atoms with Crippen molar-refractivity contribution in [1.82, 2.24) is 5.09 Å². The van der Waals surface area contributed by atoms with Gasteiger partial charge in [-0.15, -0.1) is 0 Å². The van der Waals surface area contributed by atoms with Crippen molar-refractivity contribution in [2.24, 2.45) is 5.92 Å². The third-order valence-corrected chi connectivity index (χ3v) is 8.84. The van der Waals surface area contributed by atoms with Gasteiger partial charge in [0.05, 0.1) is 0 Å². The van der Waals surface area contributed by atoms with E-state index in [9.17, 15) is 0 Å². The number of nitrogens with one attached hydrogen (secondary N) is 1. The zero-order valence-electron chi connectivity index (χ0n) is 15.3. The third kappa shape index (κ3) is 3.68. The van der Waals surface area contributed by atoms with Crippen LogP contribution in [0.5, 0.6) is 0 Å². The van der Waals surface area contributed by atoms with Crippen LogP contribution in [0.2, 0.25) is 0 Å². The largest absolute Gasteiger partial charge is 0.178 e. The van der Waals surface area contributed by atoms with E-state index >= 15 is 0 Å². The van der Waals surface area contributed by atoms with Gasteiger partial charge in [-0.1, -0.05) is 68.4 Å². The summed E-state index contributed by atoms with van der Waals surface area (Å²) in [7, 11) is -1.91. The van der Waals surface area contributed by atoms with Gasteiger partial charge < -0.3 is 0 Å². The van der Waals surface area contributed by atoms with Crippen LogP contribution in [0.25, 0.3) is 0 Å². The van der Waals surface area contributed by atoms with E-state index < -0.39 is 7.41 Å². The van der Waals surface area contributed by atoms with Crippen LogP contribution in [0.1, 0.15) is 20.8 Å². The second-order valence-electron chi connectivity index (χ2n) is 6.84. The van der Waals surface area contributed by atoms with Crippen molar-refractivity contribution in [3.63, 3.8) is 0 Å². The monoisotopic (exact) mass is 348 g/mol. The summed E-state index contributed by atoms with van der Waals surface area (Å²) in [4.78, 5) is 0. The van der Waals surface area contributed by atoms with Crippen LogP contribution in [0.15, 0.2) is 91.0 Å². The Balaban J connectivity index is 2.27. The van der Waals surface area contributed by atoms with Gasteiger partial charge in [-0.05, 0) is 49.2 Å². The SMILES string of the molecule is CC(C)[C@@H](C)N[P+](c1ccccc1)(c1ccccc1)c1ccccc1. The summed E-state index contributed by atoms with van der Waals surface area (Å²) in [5, 5.41) is 8.21. The Morgan fingerprint density at radius 2 is 0.880 bits per heavy atom. The minimum atomic E-state index is -1.91. The molecule has 0 spiro atoms. The molecule has 2 heteroatoms. The van der Waals surface area contributed by atoms with E-state index in [1.807, 2.05) is 0 Å². The van der Waals surface area contributed by atoms with E-state index in [2.05, 4.69) is 117 Å². The first kappa shape index (κ1) is 17.9. The minimum absolute atomic E-state index is 0.411. The molecule has 128 valence electrons. The zero-order chi connectivity index (χ0) is 17.7. The zero-order valence-corrected chi connectivity index (χ0v) is 16.2. The van der Waals surface area contributed by atoms with Gasteiger partial charge in [0.1, 0.15) is 15.9 Å². The molecule has 25 heavy (non-hydrogen) atoms. The fourth-order valence-electron chi connectivity index (χ4n) is 3.08. The molecule has 0 heterocycles. The Morgan fingerprint density at radius 1 is 0.560 bits per heavy atom. The van der Waals surface area contributed by atoms with Crippen molar-refractivity contribution < 1.29 is 0 Å². The molecule has 0 bridgehead atoms. The third-order valence-electron chi connectivity index (χ3n) is 4.83. The lowest BCUT2D eigenvalue weighted by Crippen LogP contribution is -2.45. The van der Waals surface area contributed by atoms with Gasteiger partial charge in [0.15, 0.2) is 7.41 Å². The molecular weight excluding hydrogens is 321 g/mol. The molecule has 3 rings (SSSR count). The van der Waals surface area contributed by atoms with Crippen molar-refractivity contribution in [2.45, 2.75) is 26.8 Å². The molecule has 1 N–H and O–H groups in total. The fourth-order valence-corrected chi connectivity index (χ4v) is 7.19. The molecule has 0 aromatic heterocycles. The summed E-state index contributed by atoms with van der Waals surface area (Å²) in [5.74, 6) is 0.565. The van der Waals surface area contributed by atoms with E-state index in [-0.39, 0.29) is 0 Å². The summed E-state index contributed by atoms with van der Waals surface area (Å²) in [6.45, 7) is 6.87. The molecule has 0 unspecified atom stereocenters. The predicted octanol–water partition coefficient (Wildman–Crippen LogP) is 4.53. The quantitative estimate of drug-likeness (QED) is 0.646. The molecule has 1 nitrogen and oxygen atoms in total. The molecule has 0 aliphatic rings. The highest BCUT2D eigenvalue weighted by atomic mass is 31.2. The van der Waals surface area contributed by atoms with Gasteiger partial charge >= 0.3 is 0 Å². The van der Waals surface area contributed by atoms with Crippen LogP contribution in [0.4, 0.5) is 0 Å². The predicted molar refractivity (Wildman–Crippen MR) is 113 cm³/mol. The van der Waals surface area contributed by atoms with Gasteiger partial charge in [0, 0.05) is 6.04 Å². The Kier molecular flexibility index (Phi) is 5.68. The maximum Gasteiger partial charge on any atom is 0.178 e. The summed E-state index contributed by atoms with van der Waals surface area (Å²) in [6.07, 6.45) is 0. The van der Waals surface area contributed by atoms with Gasteiger partial charge in [0.2, 0.25) is 0 Å². The van der Waals surface area contributed by atoms with Crippen LogP contribution < -0.4 is 21.0 Å². The van der Waals surface area contributed by atoms with Crippen molar-refractivity contribution in [3.05, 3.63) is 91.0 Å². The number of benzene rings is 3. The highest BCUT2D eigenvalue weighted by Gasteiger charge is 2.46. The molecular formula is C23H27NP+. The smallest absolute Gasteiger partial charge is 0.175 e. The average Bonchev–Trinajstić information content (AvgIpc) is 2.68.